The van der Waals surface area contributed by atoms with E-state index in [4.69, 9.17) is 5.11 Å². The fraction of sp³-hybridized carbons (Fsp3) is 0.278. The zero-order valence-corrected chi connectivity index (χ0v) is 14.5. The van der Waals surface area contributed by atoms with Gasteiger partial charge >= 0.3 is 6.09 Å². The number of allylic oxidation sites excluding steroid dienone is 1. The third-order valence-corrected chi connectivity index (χ3v) is 5.29. The van der Waals surface area contributed by atoms with Crippen molar-refractivity contribution in [2.45, 2.75) is 18.8 Å². The molecule has 2 heterocycles. The van der Waals surface area contributed by atoms with Crippen LogP contribution in [0.4, 0.5) is 13.6 Å². The summed E-state index contributed by atoms with van der Waals surface area (Å²) in [5, 5.41) is 11.6. The maximum Gasteiger partial charge on any atom is 0.407 e. The summed E-state index contributed by atoms with van der Waals surface area (Å²) in [4.78, 5) is 28.8. The second-order valence-electron chi connectivity index (χ2n) is 5.95. The van der Waals surface area contributed by atoms with E-state index in [-0.39, 0.29) is 5.92 Å². The highest BCUT2D eigenvalue weighted by Crippen LogP contribution is 2.30. The first-order valence-corrected chi connectivity index (χ1v) is 8.93. The molecular weight excluding hydrogens is 362 g/mol. The number of carboxylic acid groups (broad SMARTS) is 1. The van der Waals surface area contributed by atoms with Crippen molar-refractivity contribution in [3.8, 4) is 0 Å². The van der Waals surface area contributed by atoms with Crippen LogP contribution in [-0.4, -0.2) is 40.0 Å². The second kappa shape index (κ2) is 7.74. The first-order valence-electron chi connectivity index (χ1n) is 8.05. The van der Waals surface area contributed by atoms with E-state index < -0.39 is 29.1 Å². The number of benzene rings is 1. The fourth-order valence-corrected chi connectivity index (χ4v) is 3.82. The summed E-state index contributed by atoms with van der Waals surface area (Å²) in [6, 6.07) is 3.27. The summed E-state index contributed by atoms with van der Waals surface area (Å²) in [6.07, 6.45) is 3.02. The molecule has 1 amide bonds. The number of likely N-dealkylation sites (tertiary alicyclic amines) is 1. The van der Waals surface area contributed by atoms with Crippen molar-refractivity contribution >= 4 is 29.3 Å². The van der Waals surface area contributed by atoms with E-state index in [1.54, 1.807) is 5.38 Å². The second-order valence-corrected chi connectivity index (χ2v) is 6.84. The fourth-order valence-electron chi connectivity index (χ4n) is 2.86. The Morgan fingerprint density at radius 3 is 2.50 bits per heavy atom. The number of thiazole rings is 1. The van der Waals surface area contributed by atoms with Crippen LogP contribution in [0.15, 0.2) is 29.7 Å². The summed E-state index contributed by atoms with van der Waals surface area (Å²) in [5.41, 5.74) is -0.0454. The van der Waals surface area contributed by atoms with Gasteiger partial charge in [0.15, 0.2) is 5.78 Å². The lowest BCUT2D eigenvalue weighted by atomic mass is 9.98. The van der Waals surface area contributed by atoms with Crippen LogP contribution in [0.25, 0.3) is 6.08 Å². The molecule has 1 N–H and O–H groups in total. The zero-order valence-electron chi connectivity index (χ0n) is 13.7. The first kappa shape index (κ1) is 18.2. The van der Waals surface area contributed by atoms with Crippen molar-refractivity contribution in [3.63, 3.8) is 0 Å². The summed E-state index contributed by atoms with van der Waals surface area (Å²) in [6.45, 7) is 0.936. The molecule has 8 heteroatoms. The van der Waals surface area contributed by atoms with Gasteiger partial charge in [-0.3, -0.25) is 4.79 Å². The maximum absolute atomic E-state index is 13.6. The summed E-state index contributed by atoms with van der Waals surface area (Å²) in [5.74, 6) is -2.38. The average Bonchev–Trinajstić information content (AvgIpc) is 3.09. The number of ketones is 1. The molecule has 0 radical (unpaired) electrons. The van der Waals surface area contributed by atoms with Gasteiger partial charge in [0.2, 0.25) is 0 Å². The van der Waals surface area contributed by atoms with E-state index in [0.29, 0.717) is 31.6 Å². The van der Waals surface area contributed by atoms with Crippen molar-refractivity contribution in [3.05, 3.63) is 57.6 Å². The van der Waals surface area contributed by atoms with Gasteiger partial charge in [0.05, 0.1) is 16.3 Å². The Hall–Kier alpha value is -2.61. The lowest BCUT2D eigenvalue weighted by Gasteiger charge is -2.28. The Kier molecular flexibility index (Phi) is 5.41. The van der Waals surface area contributed by atoms with Crippen LogP contribution in [0.3, 0.4) is 0 Å². The van der Waals surface area contributed by atoms with Crippen molar-refractivity contribution in [1.82, 2.24) is 9.88 Å². The molecule has 1 aliphatic heterocycles. The van der Waals surface area contributed by atoms with Crippen LogP contribution in [0.5, 0.6) is 0 Å². The molecule has 1 saturated heterocycles. The Morgan fingerprint density at radius 2 is 1.88 bits per heavy atom. The smallest absolute Gasteiger partial charge is 0.407 e. The average molecular weight is 378 g/mol. The van der Waals surface area contributed by atoms with Gasteiger partial charge in [-0.15, -0.1) is 11.3 Å². The van der Waals surface area contributed by atoms with E-state index in [9.17, 15) is 18.4 Å². The standard InChI is InChI=1S/C18H16F2N2O3S/c19-13-2-1-3-14(20)16(13)15(23)5-4-12-10-26-17(21-12)11-6-8-22(9-7-11)18(24)25/h1-5,10-11H,6-9H2,(H,24,25)/b5-4+. The molecule has 1 aromatic carbocycles. The van der Waals surface area contributed by atoms with Crippen molar-refractivity contribution < 1.29 is 23.5 Å². The van der Waals surface area contributed by atoms with Crippen LogP contribution in [0.2, 0.25) is 0 Å². The van der Waals surface area contributed by atoms with Gasteiger partial charge in [0, 0.05) is 24.4 Å². The number of carbonyl (C=O) groups excluding carboxylic acids is 1. The molecule has 0 aliphatic carbocycles. The van der Waals surface area contributed by atoms with Gasteiger partial charge in [-0.1, -0.05) is 6.07 Å². The highest BCUT2D eigenvalue weighted by molar-refractivity contribution is 7.09. The number of halogens is 2. The summed E-state index contributed by atoms with van der Waals surface area (Å²) < 4.78 is 27.2. The molecule has 1 aliphatic rings. The molecule has 3 rings (SSSR count). The first-order chi connectivity index (χ1) is 12.5. The lowest BCUT2D eigenvalue weighted by molar-refractivity contribution is 0.104. The number of rotatable bonds is 4. The predicted molar refractivity (Wildman–Crippen MR) is 93.4 cm³/mol. The Labute approximate surface area is 152 Å². The maximum atomic E-state index is 13.6. The molecule has 136 valence electrons. The van der Waals surface area contributed by atoms with Crippen molar-refractivity contribution in [2.75, 3.05) is 13.1 Å². The minimum Gasteiger partial charge on any atom is -0.465 e. The molecule has 5 nitrogen and oxygen atoms in total. The molecule has 2 aromatic rings. The van der Waals surface area contributed by atoms with Gasteiger partial charge in [-0.2, -0.15) is 0 Å². The predicted octanol–water partition coefficient (Wildman–Crippen LogP) is 4.17. The van der Waals surface area contributed by atoms with Crippen LogP contribution < -0.4 is 0 Å². The van der Waals surface area contributed by atoms with Gasteiger partial charge in [-0.05, 0) is 37.1 Å². The summed E-state index contributed by atoms with van der Waals surface area (Å²) >= 11 is 1.43. The molecule has 0 atom stereocenters. The largest absolute Gasteiger partial charge is 0.465 e. The number of hydrogen-bond acceptors (Lipinski definition) is 4. The van der Waals surface area contributed by atoms with E-state index in [2.05, 4.69) is 4.98 Å². The van der Waals surface area contributed by atoms with E-state index in [1.807, 2.05) is 0 Å². The zero-order chi connectivity index (χ0) is 18.7. The highest BCUT2D eigenvalue weighted by Gasteiger charge is 2.25. The van der Waals surface area contributed by atoms with E-state index >= 15 is 0 Å². The third kappa shape index (κ3) is 3.96. The molecule has 26 heavy (non-hydrogen) atoms. The SMILES string of the molecule is O=C(/C=C/c1csc(C2CCN(C(=O)O)CC2)n1)c1c(F)cccc1F. The third-order valence-electron chi connectivity index (χ3n) is 4.27. The molecule has 0 saturated carbocycles. The Balaban J connectivity index is 1.66. The van der Waals surface area contributed by atoms with Gasteiger partial charge in [0.1, 0.15) is 11.6 Å². The van der Waals surface area contributed by atoms with Gasteiger partial charge in [-0.25, -0.2) is 18.6 Å². The molecule has 0 spiro atoms. The van der Waals surface area contributed by atoms with Crippen molar-refractivity contribution in [1.29, 1.82) is 0 Å². The van der Waals surface area contributed by atoms with Crippen molar-refractivity contribution in [2.24, 2.45) is 0 Å². The lowest BCUT2D eigenvalue weighted by Crippen LogP contribution is -2.36. The van der Waals surface area contributed by atoms with Gasteiger partial charge < -0.3 is 10.0 Å². The van der Waals surface area contributed by atoms with Crippen LogP contribution in [0.1, 0.15) is 39.8 Å². The molecule has 0 bridgehead atoms. The number of amides is 1. The van der Waals surface area contributed by atoms with Crippen LogP contribution >= 0.6 is 11.3 Å². The minimum atomic E-state index is -0.912. The number of piperidine rings is 1. The topological polar surface area (TPSA) is 70.5 Å². The number of aromatic nitrogens is 1. The number of hydrogen-bond donors (Lipinski definition) is 1. The Morgan fingerprint density at radius 1 is 1.23 bits per heavy atom. The summed E-state index contributed by atoms with van der Waals surface area (Å²) in [7, 11) is 0. The highest BCUT2D eigenvalue weighted by atomic mass is 32.1. The Bertz CT molecular complexity index is 838. The molecule has 1 fully saturated rings. The quantitative estimate of drug-likeness (QED) is 0.640. The number of carbonyl (C=O) groups is 2. The van der Waals surface area contributed by atoms with Crippen LogP contribution in [0, 0.1) is 11.6 Å². The molecular formula is C18H16F2N2O3S. The van der Waals surface area contributed by atoms with E-state index in [1.165, 1.54) is 28.4 Å². The number of nitrogens with zero attached hydrogens (tertiary/aromatic N) is 2. The molecule has 0 unspecified atom stereocenters. The van der Waals surface area contributed by atoms with E-state index in [0.717, 1.165) is 23.2 Å². The monoisotopic (exact) mass is 378 g/mol. The van der Waals surface area contributed by atoms with Crippen LogP contribution in [-0.2, 0) is 0 Å². The van der Waals surface area contributed by atoms with Gasteiger partial charge in [0.25, 0.3) is 0 Å². The normalized spacial score (nSPS) is 15.5. The minimum absolute atomic E-state index is 0.178. The molecule has 1 aromatic heterocycles.